The summed E-state index contributed by atoms with van der Waals surface area (Å²) in [5.41, 5.74) is -3.62. The van der Waals surface area contributed by atoms with Gasteiger partial charge in [-0.2, -0.15) is 17.5 Å². The second-order valence-electron chi connectivity index (χ2n) is 8.22. The number of carbonyl (C=O) groups excluding carboxylic acids is 1. The summed E-state index contributed by atoms with van der Waals surface area (Å²) in [4.78, 5) is 12.0. The number of carbonyl (C=O) groups is 1. The molecule has 1 fully saturated rings. The van der Waals surface area contributed by atoms with Crippen LogP contribution in [0.5, 0.6) is 0 Å². The number of rotatable bonds is 7. The van der Waals surface area contributed by atoms with Crippen LogP contribution in [0.4, 0.5) is 13.2 Å². The van der Waals surface area contributed by atoms with E-state index in [9.17, 15) is 34.8 Å². The normalized spacial score (nSPS) is 17.6. The topological polar surface area (TPSA) is 101 Å². The van der Waals surface area contributed by atoms with Crippen LogP contribution in [0.25, 0.3) is 0 Å². The van der Waals surface area contributed by atoms with E-state index in [0.29, 0.717) is 5.56 Å². The Kier molecular flexibility index (Phi) is 8.76. The van der Waals surface area contributed by atoms with Crippen LogP contribution in [0.2, 0.25) is 0 Å². The number of amides is 1. The highest BCUT2D eigenvalue weighted by Gasteiger charge is 2.47. The standard InChI is InChI=1S/C22H29F3N2O5S2/c1-5-19(33(29,30)22(23,24)25)8-7-17(4)26-21(28)18-10-12-27(13-11-18)34(31,32)20-9-6-15(2)14-16(20)3/h6-9,14,18H,5,10-13H2,1-4H3,(H,26,28). The van der Waals surface area contributed by atoms with Crippen molar-refractivity contribution in [3.05, 3.63) is 52.1 Å². The van der Waals surface area contributed by atoms with Gasteiger partial charge in [0.05, 0.1) is 9.80 Å². The number of alkyl halides is 3. The van der Waals surface area contributed by atoms with Crippen LogP contribution < -0.4 is 5.32 Å². The zero-order chi connectivity index (χ0) is 25.9. The van der Waals surface area contributed by atoms with Crippen molar-refractivity contribution >= 4 is 25.8 Å². The van der Waals surface area contributed by atoms with Gasteiger partial charge in [-0.1, -0.05) is 24.6 Å². The molecule has 1 aliphatic heterocycles. The smallest absolute Gasteiger partial charge is 0.330 e. The van der Waals surface area contributed by atoms with Gasteiger partial charge in [0.1, 0.15) is 0 Å². The summed E-state index contributed by atoms with van der Waals surface area (Å²) in [5, 5.41) is 2.55. The molecule has 0 bridgehead atoms. The lowest BCUT2D eigenvalue weighted by Crippen LogP contribution is -2.42. The molecule has 34 heavy (non-hydrogen) atoms. The Morgan fingerprint density at radius 1 is 1.12 bits per heavy atom. The van der Waals surface area contributed by atoms with Crippen LogP contribution in [-0.2, 0) is 24.7 Å². The van der Waals surface area contributed by atoms with E-state index in [4.69, 9.17) is 0 Å². The number of sulfonamides is 1. The summed E-state index contributed by atoms with van der Waals surface area (Å²) in [5.74, 6) is -0.884. The van der Waals surface area contributed by atoms with E-state index in [1.54, 1.807) is 25.1 Å². The highest BCUT2D eigenvalue weighted by Crippen LogP contribution is 2.31. The third-order valence-electron chi connectivity index (χ3n) is 5.61. The fraction of sp³-hybridized carbons (Fsp3) is 0.500. The molecule has 1 saturated heterocycles. The molecule has 0 aromatic heterocycles. The molecule has 0 radical (unpaired) electrons. The Morgan fingerprint density at radius 3 is 2.21 bits per heavy atom. The number of allylic oxidation sites excluding steroid dienone is 4. The van der Waals surface area contributed by atoms with E-state index in [1.165, 1.54) is 18.2 Å². The zero-order valence-electron chi connectivity index (χ0n) is 19.4. The highest BCUT2D eigenvalue weighted by molar-refractivity contribution is 7.96. The van der Waals surface area contributed by atoms with Gasteiger partial charge < -0.3 is 5.32 Å². The minimum atomic E-state index is -5.44. The SMILES string of the molecule is CCC(=CC=C(C)NC(=O)C1CCN(S(=O)(=O)c2ccc(C)cc2C)CC1)S(=O)(=O)C(F)(F)F. The fourth-order valence-electron chi connectivity index (χ4n) is 3.69. The van der Waals surface area contributed by atoms with Gasteiger partial charge in [-0.15, -0.1) is 0 Å². The van der Waals surface area contributed by atoms with Crippen molar-refractivity contribution in [3.8, 4) is 0 Å². The molecule has 1 aromatic carbocycles. The Balaban J connectivity index is 2.04. The Hall–Kier alpha value is -2.18. The van der Waals surface area contributed by atoms with Gasteiger partial charge >= 0.3 is 5.51 Å². The first-order valence-electron chi connectivity index (χ1n) is 10.7. The minimum Gasteiger partial charge on any atom is -0.330 e. The Labute approximate surface area is 198 Å². The van der Waals surface area contributed by atoms with Crippen molar-refractivity contribution in [2.24, 2.45) is 5.92 Å². The second-order valence-corrected chi connectivity index (χ2v) is 12.1. The molecule has 0 saturated carbocycles. The molecule has 0 spiro atoms. The lowest BCUT2D eigenvalue weighted by Gasteiger charge is -2.31. The van der Waals surface area contributed by atoms with E-state index in [-0.39, 0.29) is 42.9 Å². The molecule has 1 aliphatic rings. The molecule has 1 N–H and O–H groups in total. The summed E-state index contributed by atoms with van der Waals surface area (Å²) in [6.45, 7) is 6.63. The molecular formula is C22H29F3N2O5S2. The van der Waals surface area contributed by atoms with Crippen molar-refractivity contribution in [1.82, 2.24) is 9.62 Å². The van der Waals surface area contributed by atoms with Crippen molar-refractivity contribution < 1.29 is 34.8 Å². The number of piperidine rings is 1. The quantitative estimate of drug-likeness (QED) is 0.547. The summed E-state index contributed by atoms with van der Waals surface area (Å²) in [6.07, 6.45) is 2.15. The third kappa shape index (κ3) is 6.28. The highest BCUT2D eigenvalue weighted by atomic mass is 32.2. The van der Waals surface area contributed by atoms with E-state index < -0.39 is 42.1 Å². The molecule has 12 heteroatoms. The van der Waals surface area contributed by atoms with Gasteiger partial charge in [-0.25, -0.2) is 16.8 Å². The van der Waals surface area contributed by atoms with Crippen LogP contribution >= 0.6 is 0 Å². The summed E-state index contributed by atoms with van der Waals surface area (Å²) >= 11 is 0. The molecule has 0 unspecified atom stereocenters. The van der Waals surface area contributed by atoms with E-state index in [0.717, 1.165) is 17.7 Å². The summed E-state index contributed by atoms with van der Waals surface area (Å²) < 4.78 is 88.7. The van der Waals surface area contributed by atoms with Crippen molar-refractivity contribution in [2.45, 2.75) is 57.4 Å². The lowest BCUT2D eigenvalue weighted by molar-refractivity contribution is -0.125. The maximum absolute atomic E-state index is 13.0. The van der Waals surface area contributed by atoms with Crippen molar-refractivity contribution in [3.63, 3.8) is 0 Å². The molecule has 0 atom stereocenters. The molecule has 1 aromatic rings. The number of aryl methyl sites for hydroxylation is 2. The van der Waals surface area contributed by atoms with Gasteiger partial charge in [0, 0.05) is 24.7 Å². The molecule has 2 rings (SSSR count). The first kappa shape index (κ1) is 28.1. The first-order chi connectivity index (χ1) is 15.6. The molecular weight excluding hydrogens is 493 g/mol. The summed E-state index contributed by atoms with van der Waals surface area (Å²) in [6, 6.07) is 5.10. The molecule has 0 aliphatic carbocycles. The molecule has 7 nitrogen and oxygen atoms in total. The van der Waals surface area contributed by atoms with Crippen molar-refractivity contribution in [1.29, 1.82) is 0 Å². The van der Waals surface area contributed by atoms with Crippen LogP contribution in [0, 0.1) is 19.8 Å². The monoisotopic (exact) mass is 522 g/mol. The summed E-state index contributed by atoms with van der Waals surface area (Å²) in [7, 11) is -9.14. The Bertz CT molecular complexity index is 1200. The largest absolute Gasteiger partial charge is 0.501 e. The maximum atomic E-state index is 13.0. The van der Waals surface area contributed by atoms with E-state index >= 15 is 0 Å². The van der Waals surface area contributed by atoms with Gasteiger partial charge in [0.25, 0.3) is 9.84 Å². The maximum Gasteiger partial charge on any atom is 0.501 e. The van der Waals surface area contributed by atoms with Crippen LogP contribution in [0.15, 0.2) is 45.8 Å². The number of nitrogens with one attached hydrogen (secondary N) is 1. The molecule has 190 valence electrons. The lowest BCUT2D eigenvalue weighted by atomic mass is 9.97. The minimum absolute atomic E-state index is 0.153. The van der Waals surface area contributed by atoms with Gasteiger partial charge in [-0.3, -0.25) is 4.79 Å². The van der Waals surface area contributed by atoms with Crippen LogP contribution in [0.1, 0.15) is 44.2 Å². The average Bonchev–Trinajstić information content (AvgIpc) is 2.73. The van der Waals surface area contributed by atoms with Crippen molar-refractivity contribution in [2.75, 3.05) is 13.1 Å². The third-order valence-corrected chi connectivity index (χ3v) is 9.39. The van der Waals surface area contributed by atoms with Gasteiger partial charge in [0.15, 0.2) is 0 Å². The van der Waals surface area contributed by atoms with E-state index in [2.05, 4.69) is 5.32 Å². The number of benzene rings is 1. The Morgan fingerprint density at radius 2 is 1.71 bits per heavy atom. The van der Waals surface area contributed by atoms with Crippen LogP contribution in [0.3, 0.4) is 0 Å². The number of hydrogen-bond donors (Lipinski definition) is 1. The first-order valence-corrected chi connectivity index (χ1v) is 13.6. The molecule has 1 heterocycles. The molecule has 1 amide bonds. The zero-order valence-corrected chi connectivity index (χ0v) is 21.1. The van der Waals surface area contributed by atoms with Gasteiger partial charge in [-0.05, 0) is 63.8 Å². The van der Waals surface area contributed by atoms with E-state index in [1.807, 2.05) is 6.92 Å². The number of halogens is 3. The second kappa shape index (κ2) is 10.6. The number of nitrogens with zero attached hydrogens (tertiary/aromatic N) is 1. The predicted molar refractivity (Wildman–Crippen MR) is 123 cm³/mol. The predicted octanol–water partition coefficient (Wildman–Crippen LogP) is 3.95. The number of sulfone groups is 1. The fourth-order valence-corrected chi connectivity index (χ4v) is 6.29. The van der Waals surface area contributed by atoms with Crippen LogP contribution in [-0.4, -0.2) is 45.6 Å². The van der Waals surface area contributed by atoms with Gasteiger partial charge in [0.2, 0.25) is 15.9 Å². The number of hydrogen-bond acceptors (Lipinski definition) is 5. The average molecular weight is 523 g/mol.